The van der Waals surface area contributed by atoms with Crippen molar-refractivity contribution in [2.24, 2.45) is 0 Å². The van der Waals surface area contributed by atoms with Crippen molar-refractivity contribution in [3.8, 4) is 0 Å². The first-order valence-electron chi connectivity index (χ1n) is 8.43. The summed E-state index contributed by atoms with van der Waals surface area (Å²) >= 11 is 0. The van der Waals surface area contributed by atoms with Crippen molar-refractivity contribution in [1.29, 1.82) is 0 Å². The highest BCUT2D eigenvalue weighted by atomic mass is 19.1. The van der Waals surface area contributed by atoms with Gasteiger partial charge in [-0.3, -0.25) is 14.9 Å². The number of hydrogen-bond donors (Lipinski definition) is 2. The zero-order valence-electron chi connectivity index (χ0n) is 14.5. The number of rotatable bonds is 4. The molecule has 28 heavy (non-hydrogen) atoms. The number of halogens is 2. The third kappa shape index (κ3) is 3.78. The van der Waals surface area contributed by atoms with Crippen LogP contribution in [0.2, 0.25) is 0 Å². The van der Waals surface area contributed by atoms with E-state index in [0.29, 0.717) is 17.4 Å². The monoisotopic (exact) mass is 376 g/mol. The molecule has 0 atom stereocenters. The van der Waals surface area contributed by atoms with E-state index in [1.165, 1.54) is 0 Å². The fourth-order valence-electron chi connectivity index (χ4n) is 2.77. The smallest absolute Gasteiger partial charge is 0.255 e. The van der Waals surface area contributed by atoms with E-state index in [9.17, 15) is 13.6 Å². The van der Waals surface area contributed by atoms with Gasteiger partial charge in [0.2, 0.25) is 0 Å². The molecule has 2 aromatic heterocycles. The lowest BCUT2D eigenvalue weighted by atomic mass is 10.1. The van der Waals surface area contributed by atoms with Crippen LogP contribution in [0.15, 0.2) is 60.8 Å². The predicted octanol–water partition coefficient (Wildman–Crippen LogP) is 4.66. The normalized spacial score (nSPS) is 11.2. The molecule has 138 valence electrons. The zero-order valence-corrected chi connectivity index (χ0v) is 14.5. The van der Waals surface area contributed by atoms with Gasteiger partial charge in [0.1, 0.15) is 11.6 Å². The molecule has 2 N–H and O–H groups in total. The second-order valence-electron chi connectivity index (χ2n) is 6.07. The average Bonchev–Trinajstić information content (AvgIpc) is 3.09. The summed E-state index contributed by atoms with van der Waals surface area (Å²) in [6, 6.07) is 13.5. The van der Waals surface area contributed by atoms with E-state index in [1.807, 2.05) is 30.4 Å². The summed E-state index contributed by atoms with van der Waals surface area (Å²) in [5.41, 5.74) is 2.64. The van der Waals surface area contributed by atoms with Crippen LogP contribution in [0, 0.1) is 11.6 Å². The first-order chi connectivity index (χ1) is 13.6. The number of carbonyl (C=O) groups is 1. The standard InChI is InChI=1S/C21H14F2N4O/c22-14-9-13(10-15(23)11-14)21(28)25-17-5-7-20-18(12-17)19(26-27-20)6-4-16-3-1-2-8-24-16/h1-12H,(H,25,28)(H,26,27). The fourth-order valence-corrected chi connectivity index (χ4v) is 2.77. The molecule has 0 fully saturated rings. The molecular formula is C21H14F2N4O. The number of fused-ring (bicyclic) bond motifs is 1. The Morgan fingerprint density at radius 3 is 2.57 bits per heavy atom. The molecule has 0 saturated carbocycles. The Labute approximate surface area is 158 Å². The molecule has 4 rings (SSSR count). The van der Waals surface area contributed by atoms with E-state index in [4.69, 9.17) is 0 Å². The maximum absolute atomic E-state index is 13.3. The van der Waals surface area contributed by atoms with E-state index >= 15 is 0 Å². The zero-order chi connectivity index (χ0) is 19.5. The molecular weight excluding hydrogens is 362 g/mol. The summed E-state index contributed by atoms with van der Waals surface area (Å²) in [5.74, 6) is -2.22. The van der Waals surface area contributed by atoms with Gasteiger partial charge in [0.05, 0.1) is 16.9 Å². The van der Waals surface area contributed by atoms with Crippen LogP contribution in [-0.2, 0) is 0 Å². The van der Waals surface area contributed by atoms with Crippen molar-refractivity contribution in [1.82, 2.24) is 15.2 Å². The molecule has 0 aliphatic carbocycles. The van der Waals surface area contributed by atoms with E-state index in [-0.39, 0.29) is 5.56 Å². The summed E-state index contributed by atoms with van der Waals surface area (Å²) in [6.45, 7) is 0. The number of amides is 1. The summed E-state index contributed by atoms with van der Waals surface area (Å²) in [6.07, 6.45) is 5.34. The van der Waals surface area contributed by atoms with Crippen LogP contribution >= 0.6 is 0 Å². The molecule has 1 amide bonds. The largest absolute Gasteiger partial charge is 0.322 e. The number of hydrogen-bond acceptors (Lipinski definition) is 3. The number of nitrogens with one attached hydrogen (secondary N) is 2. The van der Waals surface area contributed by atoms with Gasteiger partial charge in [-0.1, -0.05) is 6.07 Å². The van der Waals surface area contributed by atoms with Crippen molar-refractivity contribution in [3.05, 3.63) is 89.4 Å². The van der Waals surface area contributed by atoms with Gasteiger partial charge in [-0.25, -0.2) is 8.78 Å². The van der Waals surface area contributed by atoms with Crippen LogP contribution in [0.4, 0.5) is 14.5 Å². The highest BCUT2D eigenvalue weighted by Gasteiger charge is 2.11. The summed E-state index contributed by atoms with van der Waals surface area (Å²) in [4.78, 5) is 16.5. The van der Waals surface area contributed by atoms with Crippen LogP contribution in [0.25, 0.3) is 23.1 Å². The van der Waals surface area contributed by atoms with Crippen LogP contribution in [0.1, 0.15) is 21.7 Å². The van der Waals surface area contributed by atoms with Gasteiger partial charge in [0, 0.05) is 28.9 Å². The van der Waals surface area contributed by atoms with Gasteiger partial charge in [-0.2, -0.15) is 5.10 Å². The molecule has 4 aromatic rings. The Kier molecular flexibility index (Phi) is 4.63. The van der Waals surface area contributed by atoms with Gasteiger partial charge >= 0.3 is 0 Å². The Bertz CT molecular complexity index is 1170. The second kappa shape index (κ2) is 7.40. The van der Waals surface area contributed by atoms with Gasteiger partial charge in [0.25, 0.3) is 5.91 Å². The first kappa shape index (κ1) is 17.5. The van der Waals surface area contributed by atoms with Crippen molar-refractivity contribution in [2.75, 3.05) is 5.32 Å². The Balaban J connectivity index is 1.60. The van der Waals surface area contributed by atoms with Gasteiger partial charge in [0.15, 0.2) is 0 Å². The average molecular weight is 376 g/mol. The Hall–Kier alpha value is -3.87. The van der Waals surface area contributed by atoms with E-state index < -0.39 is 17.5 Å². The number of aromatic amines is 1. The molecule has 0 aliphatic rings. The molecule has 5 nitrogen and oxygen atoms in total. The highest BCUT2D eigenvalue weighted by Crippen LogP contribution is 2.23. The molecule has 0 spiro atoms. The Morgan fingerprint density at radius 1 is 1.00 bits per heavy atom. The van der Waals surface area contributed by atoms with Gasteiger partial charge < -0.3 is 5.32 Å². The van der Waals surface area contributed by atoms with Crippen LogP contribution in [-0.4, -0.2) is 21.1 Å². The van der Waals surface area contributed by atoms with Gasteiger partial charge in [-0.15, -0.1) is 0 Å². The summed E-state index contributed by atoms with van der Waals surface area (Å²) in [5, 5.41) is 10.6. The molecule has 7 heteroatoms. The lowest BCUT2D eigenvalue weighted by Gasteiger charge is -2.06. The van der Waals surface area contributed by atoms with Crippen LogP contribution < -0.4 is 5.32 Å². The van der Waals surface area contributed by atoms with E-state index in [2.05, 4.69) is 20.5 Å². The number of benzene rings is 2. The third-order valence-electron chi connectivity index (χ3n) is 4.07. The SMILES string of the molecule is O=C(Nc1ccc2[nH]nc(C=Cc3ccccn3)c2c1)c1cc(F)cc(F)c1. The second-order valence-corrected chi connectivity index (χ2v) is 6.07. The maximum Gasteiger partial charge on any atom is 0.255 e. The number of pyridine rings is 1. The number of nitrogens with zero attached hydrogens (tertiary/aromatic N) is 2. The molecule has 0 bridgehead atoms. The fraction of sp³-hybridized carbons (Fsp3) is 0. The van der Waals surface area contributed by atoms with Gasteiger partial charge in [-0.05, 0) is 54.6 Å². The minimum absolute atomic E-state index is 0.0972. The van der Waals surface area contributed by atoms with Crippen molar-refractivity contribution in [3.63, 3.8) is 0 Å². The number of carbonyl (C=O) groups excluding carboxylic acids is 1. The lowest BCUT2D eigenvalue weighted by molar-refractivity contribution is 0.102. The highest BCUT2D eigenvalue weighted by molar-refractivity contribution is 6.05. The number of anilines is 1. The third-order valence-corrected chi connectivity index (χ3v) is 4.07. The Morgan fingerprint density at radius 2 is 1.82 bits per heavy atom. The van der Waals surface area contributed by atoms with Crippen LogP contribution in [0.3, 0.4) is 0 Å². The minimum atomic E-state index is -0.808. The molecule has 0 radical (unpaired) electrons. The van der Waals surface area contributed by atoms with Crippen molar-refractivity contribution < 1.29 is 13.6 Å². The number of H-pyrrole nitrogens is 1. The lowest BCUT2D eigenvalue weighted by Crippen LogP contribution is -2.12. The molecule has 2 heterocycles. The van der Waals surface area contributed by atoms with Crippen molar-refractivity contribution in [2.45, 2.75) is 0 Å². The summed E-state index contributed by atoms with van der Waals surface area (Å²) in [7, 11) is 0. The molecule has 0 unspecified atom stereocenters. The van der Waals surface area contributed by atoms with E-state index in [0.717, 1.165) is 28.7 Å². The molecule has 0 saturated heterocycles. The molecule has 2 aromatic carbocycles. The minimum Gasteiger partial charge on any atom is -0.322 e. The summed E-state index contributed by atoms with van der Waals surface area (Å²) < 4.78 is 26.7. The first-order valence-corrected chi connectivity index (χ1v) is 8.43. The number of aromatic nitrogens is 3. The molecule has 0 aliphatic heterocycles. The predicted molar refractivity (Wildman–Crippen MR) is 104 cm³/mol. The maximum atomic E-state index is 13.3. The van der Waals surface area contributed by atoms with Crippen molar-refractivity contribution >= 4 is 34.6 Å². The van der Waals surface area contributed by atoms with E-state index in [1.54, 1.807) is 24.4 Å². The van der Waals surface area contributed by atoms with Crippen LogP contribution in [0.5, 0.6) is 0 Å². The topological polar surface area (TPSA) is 70.7 Å². The quantitative estimate of drug-likeness (QED) is 0.544.